The molecule has 0 saturated heterocycles. The van der Waals surface area contributed by atoms with Crippen molar-refractivity contribution in [3.63, 3.8) is 0 Å². The Morgan fingerprint density at radius 2 is 1.52 bits per heavy atom. The summed E-state index contributed by atoms with van der Waals surface area (Å²) in [5, 5.41) is 0. The summed E-state index contributed by atoms with van der Waals surface area (Å²) in [5.74, 6) is -0.989. The molecule has 2 aromatic rings. The Bertz CT molecular complexity index is 816. The molecule has 0 atom stereocenters. The summed E-state index contributed by atoms with van der Waals surface area (Å²) in [6.45, 7) is 0. The standard InChI is InChI=1S/C17H18N2O3S/c1-18-23(21,22)11-16(20)19(2)17-14-9-5-3-7-12(14)13-8-4-6-10-15(13)17/h3-10,17-18H,11H2,1-2H3. The van der Waals surface area contributed by atoms with Gasteiger partial charge in [0, 0.05) is 7.05 Å². The van der Waals surface area contributed by atoms with Crippen molar-refractivity contribution in [2.45, 2.75) is 6.04 Å². The predicted octanol–water partition coefficient (Wildman–Crippen LogP) is 1.76. The normalized spacial score (nSPS) is 13.5. The number of hydrogen-bond acceptors (Lipinski definition) is 3. The molecule has 120 valence electrons. The second-order valence-corrected chi connectivity index (χ2v) is 7.47. The zero-order valence-corrected chi connectivity index (χ0v) is 13.8. The SMILES string of the molecule is CNS(=O)(=O)CC(=O)N(C)C1c2ccccc2-c2ccccc21. The van der Waals surface area contributed by atoms with Crippen molar-refractivity contribution in [3.8, 4) is 11.1 Å². The molecule has 2 aromatic carbocycles. The van der Waals surface area contributed by atoms with E-state index in [0.717, 1.165) is 22.3 Å². The summed E-state index contributed by atoms with van der Waals surface area (Å²) in [7, 11) is -0.631. The Balaban J connectivity index is 2.01. The number of amides is 1. The van der Waals surface area contributed by atoms with E-state index in [1.54, 1.807) is 7.05 Å². The van der Waals surface area contributed by atoms with Crippen LogP contribution in [0, 0.1) is 0 Å². The molecule has 0 fully saturated rings. The second kappa shape index (κ2) is 5.79. The molecule has 0 bridgehead atoms. The average molecular weight is 330 g/mol. The van der Waals surface area contributed by atoms with E-state index in [1.807, 2.05) is 48.5 Å². The van der Waals surface area contributed by atoms with Crippen molar-refractivity contribution >= 4 is 15.9 Å². The number of nitrogens with one attached hydrogen (secondary N) is 1. The van der Waals surface area contributed by atoms with Crippen LogP contribution >= 0.6 is 0 Å². The van der Waals surface area contributed by atoms with Crippen LogP contribution in [-0.2, 0) is 14.8 Å². The highest BCUT2D eigenvalue weighted by molar-refractivity contribution is 7.90. The first kappa shape index (κ1) is 15.7. The Morgan fingerprint density at radius 1 is 1.04 bits per heavy atom. The Morgan fingerprint density at radius 3 is 2.00 bits per heavy atom. The van der Waals surface area contributed by atoms with Crippen molar-refractivity contribution < 1.29 is 13.2 Å². The summed E-state index contributed by atoms with van der Waals surface area (Å²) >= 11 is 0. The van der Waals surface area contributed by atoms with Gasteiger partial charge in [0.05, 0.1) is 6.04 Å². The molecule has 0 saturated carbocycles. The minimum Gasteiger partial charge on any atom is -0.334 e. The van der Waals surface area contributed by atoms with Crippen molar-refractivity contribution in [2.75, 3.05) is 19.8 Å². The lowest BCUT2D eigenvalue weighted by molar-refractivity contribution is -0.128. The van der Waals surface area contributed by atoms with Gasteiger partial charge in [-0.05, 0) is 29.3 Å². The molecular formula is C17H18N2O3S. The number of carbonyl (C=O) groups excluding carboxylic acids is 1. The molecule has 1 aliphatic rings. The largest absolute Gasteiger partial charge is 0.334 e. The van der Waals surface area contributed by atoms with Crippen molar-refractivity contribution in [2.24, 2.45) is 0 Å². The maximum absolute atomic E-state index is 12.4. The van der Waals surface area contributed by atoms with Gasteiger partial charge in [0.15, 0.2) is 0 Å². The number of benzene rings is 2. The lowest BCUT2D eigenvalue weighted by Gasteiger charge is -2.26. The van der Waals surface area contributed by atoms with E-state index in [1.165, 1.54) is 11.9 Å². The third-order valence-corrected chi connectivity index (χ3v) is 5.46. The smallest absolute Gasteiger partial charge is 0.239 e. The van der Waals surface area contributed by atoms with Gasteiger partial charge in [0.1, 0.15) is 5.75 Å². The van der Waals surface area contributed by atoms with Crippen LogP contribution in [0.4, 0.5) is 0 Å². The molecule has 0 heterocycles. The summed E-state index contributed by atoms with van der Waals surface area (Å²) < 4.78 is 25.5. The van der Waals surface area contributed by atoms with Crippen LogP contribution in [0.3, 0.4) is 0 Å². The quantitative estimate of drug-likeness (QED) is 0.929. The molecule has 1 N–H and O–H groups in total. The molecule has 0 radical (unpaired) electrons. The maximum Gasteiger partial charge on any atom is 0.239 e. The second-order valence-electron chi connectivity index (χ2n) is 5.54. The highest BCUT2D eigenvalue weighted by atomic mass is 32.2. The summed E-state index contributed by atoms with van der Waals surface area (Å²) in [6.07, 6.45) is 0. The monoisotopic (exact) mass is 330 g/mol. The van der Waals surface area contributed by atoms with Crippen LogP contribution in [0.25, 0.3) is 11.1 Å². The molecule has 5 nitrogen and oxygen atoms in total. The van der Waals surface area contributed by atoms with Gasteiger partial charge in [0.25, 0.3) is 0 Å². The topological polar surface area (TPSA) is 66.5 Å². The van der Waals surface area contributed by atoms with Gasteiger partial charge in [-0.15, -0.1) is 0 Å². The van der Waals surface area contributed by atoms with Gasteiger partial charge in [-0.2, -0.15) is 0 Å². The number of rotatable bonds is 4. The fourth-order valence-corrected chi connectivity index (χ4v) is 3.70. The van der Waals surface area contributed by atoms with Crippen LogP contribution in [0.15, 0.2) is 48.5 Å². The van der Waals surface area contributed by atoms with E-state index in [0.29, 0.717) is 0 Å². The van der Waals surface area contributed by atoms with Crippen LogP contribution < -0.4 is 4.72 Å². The molecule has 0 aliphatic heterocycles. The number of fused-ring (bicyclic) bond motifs is 3. The molecule has 3 rings (SSSR count). The van der Waals surface area contributed by atoms with Gasteiger partial charge in [-0.25, -0.2) is 13.1 Å². The van der Waals surface area contributed by atoms with Crippen molar-refractivity contribution in [3.05, 3.63) is 59.7 Å². The maximum atomic E-state index is 12.4. The first-order chi connectivity index (χ1) is 10.9. The van der Waals surface area contributed by atoms with Crippen LogP contribution in [-0.4, -0.2) is 39.1 Å². The fourth-order valence-electron chi connectivity index (χ4n) is 3.03. The zero-order chi connectivity index (χ0) is 16.6. The average Bonchev–Trinajstić information content (AvgIpc) is 2.88. The predicted molar refractivity (Wildman–Crippen MR) is 89.3 cm³/mol. The molecular weight excluding hydrogens is 312 g/mol. The Kier molecular flexibility index (Phi) is 3.95. The molecule has 1 amide bonds. The van der Waals surface area contributed by atoms with E-state index in [4.69, 9.17) is 0 Å². The summed E-state index contributed by atoms with van der Waals surface area (Å²) in [6, 6.07) is 15.5. The summed E-state index contributed by atoms with van der Waals surface area (Å²) in [4.78, 5) is 13.9. The molecule has 6 heteroatoms. The molecule has 0 spiro atoms. The van der Waals surface area contributed by atoms with E-state index in [9.17, 15) is 13.2 Å². The Hall–Kier alpha value is -2.18. The fraction of sp³-hybridized carbons (Fsp3) is 0.235. The zero-order valence-electron chi connectivity index (χ0n) is 13.0. The Labute approximate surface area is 136 Å². The number of nitrogens with zero attached hydrogens (tertiary/aromatic N) is 1. The number of hydrogen-bond donors (Lipinski definition) is 1. The van der Waals surface area contributed by atoms with Crippen LogP contribution in [0.2, 0.25) is 0 Å². The summed E-state index contributed by atoms with van der Waals surface area (Å²) in [5.41, 5.74) is 4.21. The highest BCUT2D eigenvalue weighted by Crippen LogP contribution is 2.45. The minimum atomic E-state index is -3.59. The first-order valence-electron chi connectivity index (χ1n) is 7.29. The van der Waals surface area contributed by atoms with Gasteiger partial charge in [-0.3, -0.25) is 4.79 Å². The number of carbonyl (C=O) groups is 1. The third-order valence-electron chi connectivity index (χ3n) is 4.21. The first-order valence-corrected chi connectivity index (χ1v) is 8.95. The molecule has 1 aliphatic carbocycles. The number of sulfonamides is 1. The van der Waals surface area contributed by atoms with E-state index in [2.05, 4.69) is 4.72 Å². The van der Waals surface area contributed by atoms with Crippen molar-refractivity contribution in [1.82, 2.24) is 9.62 Å². The molecule has 0 unspecified atom stereocenters. The van der Waals surface area contributed by atoms with E-state index < -0.39 is 21.7 Å². The lowest BCUT2D eigenvalue weighted by atomic mass is 10.0. The lowest BCUT2D eigenvalue weighted by Crippen LogP contribution is -2.38. The molecule has 23 heavy (non-hydrogen) atoms. The third kappa shape index (κ3) is 2.75. The van der Waals surface area contributed by atoms with Crippen molar-refractivity contribution in [1.29, 1.82) is 0 Å². The van der Waals surface area contributed by atoms with Crippen LogP contribution in [0.5, 0.6) is 0 Å². The van der Waals surface area contributed by atoms with E-state index >= 15 is 0 Å². The van der Waals surface area contributed by atoms with Gasteiger partial charge in [0.2, 0.25) is 15.9 Å². The highest BCUT2D eigenvalue weighted by Gasteiger charge is 2.34. The van der Waals surface area contributed by atoms with Gasteiger partial charge >= 0.3 is 0 Å². The van der Waals surface area contributed by atoms with Crippen LogP contribution in [0.1, 0.15) is 17.2 Å². The minimum absolute atomic E-state index is 0.262. The van der Waals surface area contributed by atoms with Gasteiger partial charge in [-0.1, -0.05) is 48.5 Å². The van der Waals surface area contributed by atoms with E-state index in [-0.39, 0.29) is 6.04 Å². The molecule has 0 aromatic heterocycles. The van der Waals surface area contributed by atoms with Gasteiger partial charge < -0.3 is 4.90 Å².